The molecule has 0 fully saturated rings. The summed E-state index contributed by atoms with van der Waals surface area (Å²) in [4.78, 5) is 0. The summed E-state index contributed by atoms with van der Waals surface area (Å²) < 4.78 is 0. The maximum Gasteiger partial charge on any atom is 0.0432 e. The Kier molecular flexibility index (Phi) is 1.83. The van der Waals surface area contributed by atoms with Crippen LogP contribution in [0.3, 0.4) is 0 Å². The van der Waals surface area contributed by atoms with Crippen LogP contribution in [0.15, 0.2) is 60.8 Å². The molecule has 0 nitrogen and oxygen atoms in total. The molecule has 2 rings (SSSR count). The summed E-state index contributed by atoms with van der Waals surface area (Å²) in [6, 6.07) is 0. The predicted molar refractivity (Wildman–Crippen MR) is 52.8 cm³/mol. The first kappa shape index (κ1) is 7.35. The summed E-state index contributed by atoms with van der Waals surface area (Å²) >= 11 is 0. The molecule has 12 heavy (non-hydrogen) atoms. The maximum atomic E-state index is 2.24. The second kappa shape index (κ2) is 2.98. The van der Waals surface area contributed by atoms with Gasteiger partial charge in [0, 0.05) is 5.41 Å². The molecule has 0 aromatic rings. The van der Waals surface area contributed by atoms with Gasteiger partial charge < -0.3 is 0 Å². The normalized spacial score (nSPS) is 31.3. The van der Waals surface area contributed by atoms with E-state index in [1.807, 2.05) is 0 Å². The summed E-state index contributed by atoms with van der Waals surface area (Å²) in [7, 11) is 0. The molecule has 0 aromatic heterocycles. The van der Waals surface area contributed by atoms with E-state index in [4.69, 9.17) is 0 Å². The lowest BCUT2D eigenvalue weighted by molar-refractivity contribution is 0.828. The van der Waals surface area contributed by atoms with Crippen LogP contribution in [0, 0.1) is 5.41 Å². The van der Waals surface area contributed by atoms with Crippen molar-refractivity contribution >= 4 is 0 Å². The average Bonchev–Trinajstić information content (AvgIpc) is 2.47. The van der Waals surface area contributed by atoms with Crippen LogP contribution >= 0.6 is 0 Å². The summed E-state index contributed by atoms with van der Waals surface area (Å²) in [6.45, 7) is 0. The number of allylic oxidation sites excluding steroid dienone is 10. The molecule has 0 amide bonds. The molecule has 0 N–H and O–H groups in total. The highest BCUT2D eigenvalue weighted by Crippen LogP contribution is 2.30. The van der Waals surface area contributed by atoms with E-state index >= 15 is 0 Å². The van der Waals surface area contributed by atoms with Crippen molar-refractivity contribution in [3.63, 3.8) is 0 Å². The first-order chi connectivity index (χ1) is 5.91. The summed E-state index contributed by atoms with van der Waals surface area (Å²) in [5, 5.41) is 0. The van der Waals surface area contributed by atoms with Gasteiger partial charge in [0.25, 0.3) is 0 Å². The molecule has 2 aliphatic rings. The van der Waals surface area contributed by atoms with Gasteiger partial charge in [-0.15, -0.1) is 0 Å². The number of hydrogen-bond acceptors (Lipinski definition) is 0. The van der Waals surface area contributed by atoms with Gasteiger partial charge in [0.1, 0.15) is 0 Å². The molecule has 0 atom stereocenters. The molecule has 0 radical (unpaired) electrons. The Labute approximate surface area is 73.3 Å². The van der Waals surface area contributed by atoms with Crippen LogP contribution in [0.1, 0.15) is 6.42 Å². The van der Waals surface area contributed by atoms with E-state index in [0.29, 0.717) is 0 Å². The van der Waals surface area contributed by atoms with Crippen molar-refractivity contribution in [3.8, 4) is 0 Å². The number of rotatable bonds is 0. The van der Waals surface area contributed by atoms with Crippen molar-refractivity contribution in [1.29, 1.82) is 0 Å². The Bertz CT molecular complexity index is 286. The highest BCUT2D eigenvalue weighted by Gasteiger charge is 2.18. The minimum absolute atomic E-state index is 0.0742. The topological polar surface area (TPSA) is 0 Å². The standard InChI is InChI=1S/C12H12/c1-2-4-8-12(9-5-3-1)10-6-7-11-12/h1-2,4-11H,3H2/b2-1-,8-4-,9-5-. The first-order valence-electron chi connectivity index (χ1n) is 4.30. The monoisotopic (exact) mass is 156 g/mol. The zero-order chi connectivity index (χ0) is 8.28. The van der Waals surface area contributed by atoms with Gasteiger partial charge >= 0.3 is 0 Å². The second-order valence-corrected chi connectivity index (χ2v) is 3.14. The second-order valence-electron chi connectivity index (χ2n) is 3.14. The Morgan fingerprint density at radius 3 is 2.08 bits per heavy atom. The van der Waals surface area contributed by atoms with Crippen molar-refractivity contribution in [2.24, 2.45) is 5.41 Å². The third-order valence-electron chi connectivity index (χ3n) is 2.19. The zero-order valence-electron chi connectivity index (χ0n) is 6.98. The van der Waals surface area contributed by atoms with Crippen molar-refractivity contribution in [2.45, 2.75) is 6.42 Å². The van der Waals surface area contributed by atoms with Crippen LogP contribution in [0.2, 0.25) is 0 Å². The SMILES string of the molecule is C1=CC2(C=C1)/C=C\C=C/C/C=C\2. The molecule has 0 aliphatic heterocycles. The molecule has 1 spiro atoms. The van der Waals surface area contributed by atoms with E-state index < -0.39 is 0 Å². The molecule has 0 bridgehead atoms. The molecule has 0 saturated heterocycles. The van der Waals surface area contributed by atoms with Crippen LogP contribution in [0.5, 0.6) is 0 Å². The quantitative estimate of drug-likeness (QED) is 0.472. The van der Waals surface area contributed by atoms with Gasteiger partial charge in [-0.3, -0.25) is 0 Å². The summed E-state index contributed by atoms with van der Waals surface area (Å²) in [5.74, 6) is 0. The predicted octanol–water partition coefficient (Wildman–Crippen LogP) is 3.17. The highest BCUT2D eigenvalue weighted by molar-refractivity contribution is 5.38. The van der Waals surface area contributed by atoms with E-state index in [2.05, 4.69) is 60.8 Å². The molecule has 0 heteroatoms. The van der Waals surface area contributed by atoms with Gasteiger partial charge in [-0.1, -0.05) is 60.8 Å². The van der Waals surface area contributed by atoms with E-state index in [-0.39, 0.29) is 5.41 Å². The lowest BCUT2D eigenvalue weighted by Crippen LogP contribution is -2.04. The fourth-order valence-electron chi connectivity index (χ4n) is 1.51. The summed E-state index contributed by atoms with van der Waals surface area (Å²) in [6.07, 6.45) is 22.7. The zero-order valence-corrected chi connectivity index (χ0v) is 6.98. The first-order valence-corrected chi connectivity index (χ1v) is 4.30. The minimum atomic E-state index is 0.0742. The molecule has 0 unspecified atom stereocenters. The van der Waals surface area contributed by atoms with Crippen molar-refractivity contribution in [1.82, 2.24) is 0 Å². The fourth-order valence-corrected chi connectivity index (χ4v) is 1.51. The van der Waals surface area contributed by atoms with Gasteiger partial charge in [-0.2, -0.15) is 0 Å². The van der Waals surface area contributed by atoms with E-state index in [1.54, 1.807) is 0 Å². The van der Waals surface area contributed by atoms with Crippen molar-refractivity contribution in [3.05, 3.63) is 60.8 Å². The van der Waals surface area contributed by atoms with Gasteiger partial charge in [-0.25, -0.2) is 0 Å². The van der Waals surface area contributed by atoms with Crippen molar-refractivity contribution in [2.75, 3.05) is 0 Å². The van der Waals surface area contributed by atoms with Crippen LogP contribution < -0.4 is 0 Å². The lowest BCUT2D eigenvalue weighted by Gasteiger charge is -2.15. The van der Waals surface area contributed by atoms with Crippen LogP contribution in [-0.2, 0) is 0 Å². The lowest BCUT2D eigenvalue weighted by atomic mass is 9.88. The Morgan fingerprint density at radius 2 is 1.33 bits per heavy atom. The van der Waals surface area contributed by atoms with E-state index in [0.717, 1.165) is 6.42 Å². The molecule has 2 aliphatic carbocycles. The van der Waals surface area contributed by atoms with Gasteiger partial charge in [0.15, 0.2) is 0 Å². The van der Waals surface area contributed by atoms with E-state index in [1.165, 1.54) is 0 Å². The molecule has 0 heterocycles. The Hall–Kier alpha value is -1.30. The highest BCUT2D eigenvalue weighted by atomic mass is 14.2. The van der Waals surface area contributed by atoms with Crippen LogP contribution in [0.4, 0.5) is 0 Å². The smallest absolute Gasteiger partial charge is 0.0432 e. The van der Waals surface area contributed by atoms with Gasteiger partial charge in [-0.05, 0) is 6.42 Å². The molecular formula is C12H12. The maximum absolute atomic E-state index is 2.24. The van der Waals surface area contributed by atoms with Gasteiger partial charge in [0.05, 0.1) is 0 Å². The van der Waals surface area contributed by atoms with Crippen molar-refractivity contribution < 1.29 is 0 Å². The molecule has 0 aromatic carbocycles. The summed E-state index contributed by atoms with van der Waals surface area (Å²) in [5.41, 5.74) is 0.0742. The minimum Gasteiger partial charge on any atom is -0.0832 e. The average molecular weight is 156 g/mol. The Morgan fingerprint density at radius 1 is 0.667 bits per heavy atom. The third-order valence-corrected chi connectivity index (χ3v) is 2.19. The fraction of sp³-hybridized carbons (Fsp3) is 0.167. The molecular weight excluding hydrogens is 144 g/mol. The number of hydrogen-bond donors (Lipinski definition) is 0. The molecule has 0 saturated carbocycles. The van der Waals surface area contributed by atoms with Crippen LogP contribution in [0.25, 0.3) is 0 Å². The van der Waals surface area contributed by atoms with E-state index in [9.17, 15) is 0 Å². The Balaban J connectivity index is 2.35. The van der Waals surface area contributed by atoms with Gasteiger partial charge in [0.2, 0.25) is 0 Å². The largest absolute Gasteiger partial charge is 0.0832 e. The van der Waals surface area contributed by atoms with Crippen LogP contribution in [-0.4, -0.2) is 0 Å². The third kappa shape index (κ3) is 1.33. The molecule has 60 valence electrons.